The molecule has 0 saturated heterocycles. The highest BCUT2D eigenvalue weighted by Gasteiger charge is 1.97. The van der Waals surface area contributed by atoms with Gasteiger partial charge < -0.3 is 0 Å². The largest absolute Gasteiger partial charge is 0.195 e. The number of H-pyrrole nitrogens is 1. The first kappa shape index (κ1) is 8.31. The zero-order valence-electron chi connectivity index (χ0n) is 7.21. The molecule has 1 aromatic heterocycles. The van der Waals surface area contributed by atoms with Crippen LogP contribution in [0.4, 0.5) is 0 Å². The summed E-state index contributed by atoms with van der Waals surface area (Å²) in [5, 5.41) is 3.13. The second kappa shape index (κ2) is 4.94. The molecule has 0 amide bonds. The van der Waals surface area contributed by atoms with E-state index in [0.29, 0.717) is 0 Å². The van der Waals surface area contributed by atoms with Gasteiger partial charge in [0.2, 0.25) is 0 Å². The lowest BCUT2D eigenvalue weighted by atomic mass is 10.2. The van der Waals surface area contributed by atoms with Crippen molar-refractivity contribution in [3.05, 3.63) is 18.5 Å². The Bertz CT molecular complexity index is 168. The van der Waals surface area contributed by atoms with Gasteiger partial charge in [-0.3, -0.25) is 0 Å². The molecule has 0 aliphatic carbocycles. The van der Waals surface area contributed by atoms with Crippen LogP contribution in [-0.4, -0.2) is 5.10 Å². The number of rotatable bonds is 5. The molecule has 2 heteroatoms. The molecule has 11 heavy (non-hydrogen) atoms. The fraction of sp³-hybridized carbons (Fsp3) is 0.667. The third kappa shape index (κ3) is 3.21. The number of aryl methyl sites for hydroxylation is 1. The van der Waals surface area contributed by atoms with Gasteiger partial charge in [-0.25, -0.2) is 0 Å². The van der Waals surface area contributed by atoms with Crippen LogP contribution in [-0.2, 0) is 6.54 Å². The summed E-state index contributed by atoms with van der Waals surface area (Å²) in [6.07, 6.45) is 9.35. The van der Waals surface area contributed by atoms with Gasteiger partial charge in [0.25, 0.3) is 0 Å². The molecular weight excluding hydrogens is 136 g/mol. The van der Waals surface area contributed by atoms with Crippen LogP contribution in [0.3, 0.4) is 0 Å². The molecule has 0 spiro atoms. The number of hydrogen-bond donors (Lipinski definition) is 1. The van der Waals surface area contributed by atoms with E-state index in [1.807, 2.05) is 12.3 Å². The van der Waals surface area contributed by atoms with Crippen molar-refractivity contribution in [2.75, 3.05) is 0 Å². The number of nitrogens with one attached hydrogen (secondary N) is 1. The molecule has 1 N–H and O–H groups in total. The van der Waals surface area contributed by atoms with Gasteiger partial charge in [0.05, 0.1) is 6.20 Å². The summed E-state index contributed by atoms with van der Waals surface area (Å²) >= 11 is 0. The average Bonchev–Trinajstić information content (AvgIpc) is 2.50. The van der Waals surface area contributed by atoms with Gasteiger partial charge in [0.1, 0.15) is 0 Å². The number of nitrogens with zero attached hydrogens (tertiary/aromatic N) is 1. The van der Waals surface area contributed by atoms with Crippen LogP contribution in [0, 0.1) is 0 Å². The maximum Gasteiger partial charge on any atom is 0.195 e. The lowest BCUT2D eigenvalue weighted by Crippen LogP contribution is -2.34. The van der Waals surface area contributed by atoms with Crippen LogP contribution in [0.25, 0.3) is 0 Å². The molecule has 1 heterocycles. The van der Waals surface area contributed by atoms with Crippen LogP contribution in [0.2, 0.25) is 0 Å². The quantitative estimate of drug-likeness (QED) is 0.492. The van der Waals surface area contributed by atoms with E-state index in [9.17, 15) is 0 Å². The number of aromatic amines is 1. The van der Waals surface area contributed by atoms with Crippen molar-refractivity contribution in [3.63, 3.8) is 0 Å². The van der Waals surface area contributed by atoms with Gasteiger partial charge in [0, 0.05) is 12.5 Å². The van der Waals surface area contributed by atoms with Crippen LogP contribution in [0.15, 0.2) is 18.5 Å². The molecule has 0 radical (unpaired) electrons. The Balaban J connectivity index is 2.04. The topological polar surface area (TPSA) is 19.7 Å². The first-order valence-corrected chi connectivity index (χ1v) is 4.46. The maximum absolute atomic E-state index is 3.13. The summed E-state index contributed by atoms with van der Waals surface area (Å²) in [7, 11) is 0. The molecule has 0 atom stereocenters. The molecule has 62 valence electrons. The second-order valence-electron chi connectivity index (χ2n) is 2.89. The van der Waals surface area contributed by atoms with Crippen molar-refractivity contribution in [2.24, 2.45) is 0 Å². The standard InChI is InChI=1S/C9H16N2/c1-2-3-4-5-8-11-9-6-7-10-11/h6-7,9H,2-5,8H2,1H3/p+1. The normalized spacial score (nSPS) is 10.3. The molecule has 0 unspecified atom stereocenters. The van der Waals surface area contributed by atoms with Gasteiger partial charge in [-0.05, 0) is 6.42 Å². The summed E-state index contributed by atoms with van der Waals surface area (Å²) in [6, 6.07) is 2.03. The summed E-state index contributed by atoms with van der Waals surface area (Å²) in [4.78, 5) is 0. The zero-order chi connectivity index (χ0) is 7.94. The van der Waals surface area contributed by atoms with Crippen LogP contribution >= 0.6 is 0 Å². The Morgan fingerprint density at radius 3 is 2.82 bits per heavy atom. The smallest absolute Gasteiger partial charge is 0.173 e. The van der Waals surface area contributed by atoms with E-state index in [0.717, 1.165) is 6.54 Å². The summed E-state index contributed by atoms with van der Waals surface area (Å²) < 4.78 is 2.12. The fourth-order valence-corrected chi connectivity index (χ4v) is 1.18. The van der Waals surface area contributed by atoms with E-state index < -0.39 is 0 Å². The molecule has 1 rings (SSSR count). The Morgan fingerprint density at radius 2 is 2.18 bits per heavy atom. The minimum absolute atomic E-state index is 1.13. The van der Waals surface area contributed by atoms with E-state index in [-0.39, 0.29) is 0 Å². The van der Waals surface area contributed by atoms with Crippen molar-refractivity contribution >= 4 is 0 Å². The Morgan fingerprint density at radius 1 is 1.27 bits per heavy atom. The molecule has 0 bridgehead atoms. The van der Waals surface area contributed by atoms with Crippen molar-refractivity contribution < 1.29 is 4.68 Å². The van der Waals surface area contributed by atoms with Crippen molar-refractivity contribution in [1.82, 2.24) is 5.10 Å². The lowest BCUT2D eigenvalue weighted by molar-refractivity contribution is -0.750. The highest BCUT2D eigenvalue weighted by atomic mass is 15.3. The molecule has 0 fully saturated rings. The van der Waals surface area contributed by atoms with Gasteiger partial charge >= 0.3 is 0 Å². The first-order chi connectivity index (χ1) is 5.43. The predicted octanol–water partition coefficient (Wildman–Crippen LogP) is 1.88. The predicted molar refractivity (Wildman–Crippen MR) is 45.1 cm³/mol. The fourth-order valence-electron chi connectivity index (χ4n) is 1.18. The van der Waals surface area contributed by atoms with Crippen molar-refractivity contribution in [3.8, 4) is 0 Å². The third-order valence-electron chi connectivity index (χ3n) is 1.86. The van der Waals surface area contributed by atoms with E-state index in [1.165, 1.54) is 25.7 Å². The van der Waals surface area contributed by atoms with E-state index in [1.54, 1.807) is 0 Å². The first-order valence-electron chi connectivity index (χ1n) is 4.46. The number of aromatic nitrogens is 2. The van der Waals surface area contributed by atoms with Crippen molar-refractivity contribution in [2.45, 2.75) is 39.2 Å². The molecule has 0 aliphatic heterocycles. The molecule has 0 aliphatic rings. The van der Waals surface area contributed by atoms with Crippen molar-refractivity contribution in [1.29, 1.82) is 0 Å². The third-order valence-corrected chi connectivity index (χ3v) is 1.86. The van der Waals surface area contributed by atoms with Gasteiger partial charge in [-0.1, -0.05) is 19.8 Å². The minimum Gasteiger partial charge on any atom is -0.173 e. The van der Waals surface area contributed by atoms with Crippen LogP contribution in [0.1, 0.15) is 32.6 Å². The molecule has 1 aromatic rings. The summed E-state index contributed by atoms with van der Waals surface area (Å²) in [6.45, 7) is 3.37. The number of hydrogen-bond acceptors (Lipinski definition) is 0. The SMILES string of the molecule is CCCCCC[n+]1ccc[nH]1. The molecule has 0 aromatic carbocycles. The Kier molecular flexibility index (Phi) is 3.73. The monoisotopic (exact) mass is 153 g/mol. The molecule has 0 saturated carbocycles. The average molecular weight is 153 g/mol. The van der Waals surface area contributed by atoms with E-state index in [4.69, 9.17) is 0 Å². The highest BCUT2D eigenvalue weighted by Crippen LogP contribution is 1.97. The number of unbranched alkanes of at least 4 members (excludes halogenated alkanes) is 3. The molecular formula is C9H17N2+. The van der Waals surface area contributed by atoms with E-state index in [2.05, 4.69) is 22.9 Å². The van der Waals surface area contributed by atoms with Crippen LogP contribution < -0.4 is 4.68 Å². The Hall–Kier alpha value is -0.790. The molecule has 2 nitrogen and oxygen atoms in total. The summed E-state index contributed by atoms with van der Waals surface area (Å²) in [5.41, 5.74) is 0. The zero-order valence-corrected chi connectivity index (χ0v) is 7.21. The van der Waals surface area contributed by atoms with Gasteiger partial charge in [-0.2, -0.15) is 5.10 Å². The van der Waals surface area contributed by atoms with Gasteiger partial charge in [0.15, 0.2) is 12.7 Å². The minimum atomic E-state index is 1.13. The maximum atomic E-state index is 3.13. The lowest BCUT2D eigenvalue weighted by Gasteiger charge is -1.92. The highest BCUT2D eigenvalue weighted by molar-refractivity contribution is 4.67. The second-order valence-corrected chi connectivity index (χ2v) is 2.89. The van der Waals surface area contributed by atoms with Gasteiger partial charge in [-0.15, -0.1) is 4.68 Å². The summed E-state index contributed by atoms with van der Waals surface area (Å²) in [5.74, 6) is 0. The Labute approximate surface area is 68.2 Å². The van der Waals surface area contributed by atoms with Crippen LogP contribution in [0.5, 0.6) is 0 Å². The van der Waals surface area contributed by atoms with E-state index >= 15 is 0 Å².